The highest BCUT2D eigenvalue weighted by Crippen LogP contribution is 2.20. The Morgan fingerprint density at radius 2 is 1.72 bits per heavy atom. The van der Waals surface area contributed by atoms with Gasteiger partial charge in [-0.05, 0) is 67.1 Å². The number of hydrogen-bond acceptors (Lipinski definition) is 5. The van der Waals surface area contributed by atoms with Gasteiger partial charge < -0.3 is 14.8 Å². The van der Waals surface area contributed by atoms with Crippen LogP contribution in [0.1, 0.15) is 15.9 Å². The van der Waals surface area contributed by atoms with Crippen LogP contribution in [-0.4, -0.2) is 34.6 Å². The Balaban J connectivity index is 1.53. The zero-order valence-corrected chi connectivity index (χ0v) is 18.4. The minimum absolute atomic E-state index is 0.0470. The van der Waals surface area contributed by atoms with Crippen LogP contribution in [0.3, 0.4) is 0 Å². The molecule has 0 aliphatic heterocycles. The molecule has 0 fully saturated rings. The number of benzene rings is 3. The summed E-state index contributed by atoms with van der Waals surface area (Å²) in [5, 5.41) is 2.73. The second-order valence-corrected chi connectivity index (χ2v) is 8.56. The molecule has 0 atom stereocenters. The van der Waals surface area contributed by atoms with Crippen LogP contribution < -0.4 is 19.5 Å². The van der Waals surface area contributed by atoms with E-state index in [0.29, 0.717) is 17.1 Å². The van der Waals surface area contributed by atoms with E-state index in [0.717, 1.165) is 6.07 Å². The van der Waals surface area contributed by atoms with Crippen LogP contribution in [-0.2, 0) is 10.0 Å². The molecule has 7 nitrogen and oxygen atoms in total. The molecular weight excluding hydrogens is 435 g/mol. The van der Waals surface area contributed by atoms with Gasteiger partial charge >= 0.3 is 0 Å². The topological polar surface area (TPSA) is 93.7 Å². The molecule has 0 unspecified atom stereocenters. The molecule has 9 heteroatoms. The van der Waals surface area contributed by atoms with Crippen molar-refractivity contribution >= 4 is 21.6 Å². The van der Waals surface area contributed by atoms with E-state index >= 15 is 0 Å². The Labute approximate surface area is 186 Å². The minimum Gasteiger partial charge on any atom is -0.497 e. The summed E-state index contributed by atoms with van der Waals surface area (Å²) in [6.45, 7) is 2.05. The number of hydrogen-bond donors (Lipinski definition) is 2. The van der Waals surface area contributed by atoms with Gasteiger partial charge in [-0.25, -0.2) is 12.8 Å². The van der Waals surface area contributed by atoms with Crippen molar-refractivity contribution in [2.75, 3.05) is 25.0 Å². The number of rotatable bonds is 9. The molecular formula is C23H23FN2O5S. The summed E-state index contributed by atoms with van der Waals surface area (Å²) in [5.74, 6) is 0.513. The van der Waals surface area contributed by atoms with Gasteiger partial charge in [0.05, 0.1) is 18.6 Å². The standard InChI is InChI=1S/C23H23FN2O5S/c1-16-14-21(10-11-22(16)24)32(28,29)26-18-8-6-17(7-9-18)23(27)25-12-13-31-20-5-3-4-19(15-20)30-2/h3-11,14-15,26H,12-13H2,1-2H3,(H,25,27). The summed E-state index contributed by atoms with van der Waals surface area (Å²) in [4.78, 5) is 12.2. The lowest BCUT2D eigenvalue weighted by atomic mass is 10.2. The zero-order valence-electron chi connectivity index (χ0n) is 17.6. The number of ether oxygens (including phenoxy) is 2. The van der Waals surface area contributed by atoms with Gasteiger partial charge in [-0.2, -0.15) is 0 Å². The monoisotopic (exact) mass is 458 g/mol. The second kappa shape index (κ2) is 10.1. The van der Waals surface area contributed by atoms with Crippen LogP contribution >= 0.6 is 0 Å². The maximum Gasteiger partial charge on any atom is 0.261 e. The molecule has 0 heterocycles. The maximum atomic E-state index is 13.4. The third-order valence-electron chi connectivity index (χ3n) is 4.54. The average Bonchev–Trinajstić information content (AvgIpc) is 2.78. The van der Waals surface area contributed by atoms with Crippen LogP contribution in [0.4, 0.5) is 10.1 Å². The Morgan fingerprint density at radius 3 is 2.41 bits per heavy atom. The number of nitrogens with one attached hydrogen (secondary N) is 2. The summed E-state index contributed by atoms with van der Waals surface area (Å²) in [6.07, 6.45) is 0. The van der Waals surface area contributed by atoms with Crippen molar-refractivity contribution in [1.29, 1.82) is 0 Å². The SMILES string of the molecule is COc1cccc(OCCNC(=O)c2ccc(NS(=O)(=O)c3ccc(F)c(C)c3)cc2)c1. The number of halogens is 1. The summed E-state index contributed by atoms with van der Waals surface area (Å²) in [7, 11) is -2.31. The smallest absolute Gasteiger partial charge is 0.261 e. The largest absolute Gasteiger partial charge is 0.497 e. The number of sulfonamides is 1. The van der Waals surface area contributed by atoms with Crippen LogP contribution in [0.15, 0.2) is 71.6 Å². The first kappa shape index (κ1) is 23.1. The predicted octanol–water partition coefficient (Wildman–Crippen LogP) is 3.75. The quantitative estimate of drug-likeness (QED) is 0.477. The number of carbonyl (C=O) groups is 1. The van der Waals surface area contributed by atoms with Gasteiger partial charge in [0.15, 0.2) is 0 Å². The lowest BCUT2D eigenvalue weighted by Crippen LogP contribution is -2.28. The summed E-state index contributed by atoms with van der Waals surface area (Å²) >= 11 is 0. The zero-order chi connectivity index (χ0) is 23.1. The van der Waals surface area contributed by atoms with Crippen molar-refractivity contribution in [2.45, 2.75) is 11.8 Å². The van der Waals surface area contributed by atoms with Crippen LogP contribution in [0.5, 0.6) is 11.5 Å². The fraction of sp³-hybridized carbons (Fsp3) is 0.174. The highest BCUT2D eigenvalue weighted by atomic mass is 32.2. The van der Waals surface area contributed by atoms with Crippen molar-refractivity contribution in [2.24, 2.45) is 0 Å². The Kier molecular flexibility index (Phi) is 7.32. The first-order chi connectivity index (χ1) is 15.3. The molecule has 0 saturated carbocycles. The third kappa shape index (κ3) is 5.98. The third-order valence-corrected chi connectivity index (χ3v) is 5.92. The highest BCUT2D eigenvalue weighted by Gasteiger charge is 2.16. The van der Waals surface area contributed by atoms with E-state index in [4.69, 9.17) is 9.47 Å². The molecule has 32 heavy (non-hydrogen) atoms. The molecule has 0 saturated heterocycles. The van der Waals surface area contributed by atoms with Crippen LogP contribution in [0, 0.1) is 12.7 Å². The Morgan fingerprint density at radius 1 is 1.00 bits per heavy atom. The van der Waals surface area contributed by atoms with E-state index < -0.39 is 15.8 Å². The number of amides is 1. The number of anilines is 1. The molecule has 3 aromatic carbocycles. The first-order valence-electron chi connectivity index (χ1n) is 9.72. The van der Waals surface area contributed by atoms with Gasteiger partial charge in [0, 0.05) is 17.3 Å². The van der Waals surface area contributed by atoms with Crippen LogP contribution in [0.2, 0.25) is 0 Å². The van der Waals surface area contributed by atoms with Crippen LogP contribution in [0.25, 0.3) is 0 Å². The van der Waals surface area contributed by atoms with E-state index in [1.807, 2.05) is 0 Å². The molecule has 0 aliphatic rings. The fourth-order valence-corrected chi connectivity index (χ4v) is 3.96. The predicted molar refractivity (Wildman–Crippen MR) is 119 cm³/mol. The molecule has 2 N–H and O–H groups in total. The van der Waals surface area contributed by atoms with Crippen molar-refractivity contribution in [3.63, 3.8) is 0 Å². The molecule has 3 aromatic rings. The molecule has 1 amide bonds. The van der Waals surface area contributed by atoms with Gasteiger partial charge in [0.25, 0.3) is 15.9 Å². The lowest BCUT2D eigenvalue weighted by Gasteiger charge is -2.11. The van der Waals surface area contributed by atoms with E-state index in [1.165, 1.54) is 43.3 Å². The van der Waals surface area contributed by atoms with Gasteiger partial charge in [-0.1, -0.05) is 6.07 Å². The maximum absolute atomic E-state index is 13.4. The number of carbonyl (C=O) groups excluding carboxylic acids is 1. The molecule has 0 radical (unpaired) electrons. The van der Waals surface area contributed by atoms with E-state index in [1.54, 1.807) is 31.4 Å². The minimum atomic E-state index is -3.88. The lowest BCUT2D eigenvalue weighted by molar-refractivity contribution is 0.0947. The molecule has 3 rings (SSSR count). The Hall–Kier alpha value is -3.59. The summed E-state index contributed by atoms with van der Waals surface area (Å²) < 4.78 is 51.5. The van der Waals surface area contributed by atoms with Crippen molar-refractivity contribution < 1.29 is 27.1 Å². The van der Waals surface area contributed by atoms with Crippen molar-refractivity contribution in [3.8, 4) is 11.5 Å². The fourth-order valence-electron chi connectivity index (χ4n) is 2.81. The molecule has 0 spiro atoms. The normalized spacial score (nSPS) is 11.0. The van der Waals surface area contributed by atoms with Gasteiger partial charge in [-0.3, -0.25) is 9.52 Å². The molecule has 0 aliphatic carbocycles. The number of methoxy groups -OCH3 is 1. The van der Waals surface area contributed by atoms with Gasteiger partial charge in [0.1, 0.15) is 23.9 Å². The summed E-state index contributed by atoms with van der Waals surface area (Å²) in [6, 6.07) is 16.7. The molecule has 168 valence electrons. The van der Waals surface area contributed by atoms with E-state index in [-0.39, 0.29) is 35.2 Å². The first-order valence-corrected chi connectivity index (χ1v) is 11.2. The second-order valence-electron chi connectivity index (χ2n) is 6.88. The van der Waals surface area contributed by atoms with Gasteiger partial charge in [-0.15, -0.1) is 0 Å². The number of aryl methyl sites for hydroxylation is 1. The van der Waals surface area contributed by atoms with Crippen molar-refractivity contribution in [3.05, 3.63) is 83.7 Å². The molecule has 0 aromatic heterocycles. The highest BCUT2D eigenvalue weighted by molar-refractivity contribution is 7.92. The average molecular weight is 459 g/mol. The van der Waals surface area contributed by atoms with Crippen molar-refractivity contribution in [1.82, 2.24) is 5.32 Å². The van der Waals surface area contributed by atoms with Gasteiger partial charge in [0.2, 0.25) is 0 Å². The summed E-state index contributed by atoms with van der Waals surface area (Å²) in [5.41, 5.74) is 0.882. The Bertz CT molecular complexity index is 1200. The molecule has 0 bridgehead atoms. The van der Waals surface area contributed by atoms with E-state index in [9.17, 15) is 17.6 Å². The van der Waals surface area contributed by atoms with E-state index in [2.05, 4.69) is 10.0 Å².